The van der Waals surface area contributed by atoms with Crippen molar-refractivity contribution in [3.05, 3.63) is 22.4 Å². The Morgan fingerprint density at radius 2 is 2.35 bits per heavy atom. The van der Waals surface area contributed by atoms with E-state index in [9.17, 15) is 9.59 Å². The number of thiophene rings is 1. The normalized spacial score (nSPS) is 18.9. The van der Waals surface area contributed by atoms with E-state index in [-0.39, 0.29) is 17.8 Å². The number of likely N-dealkylation sites (tertiary alicyclic amines) is 1. The van der Waals surface area contributed by atoms with Crippen LogP contribution in [-0.2, 0) is 20.7 Å². The molecule has 2 heterocycles. The predicted molar refractivity (Wildman–Crippen MR) is 78.6 cm³/mol. The SMILES string of the molecule is COC(=O)[C@H]1CCCN(C(=O)CCCc2cccs2)C1. The molecule has 0 bridgehead atoms. The summed E-state index contributed by atoms with van der Waals surface area (Å²) in [6, 6.07) is 4.14. The maximum atomic E-state index is 12.2. The Balaban J connectivity index is 1.75. The van der Waals surface area contributed by atoms with E-state index in [0.29, 0.717) is 13.0 Å². The average Bonchev–Trinajstić information content (AvgIpc) is 2.99. The third-order valence-corrected chi connectivity index (χ3v) is 4.64. The van der Waals surface area contributed by atoms with E-state index < -0.39 is 0 Å². The number of carbonyl (C=O) groups is 2. The van der Waals surface area contributed by atoms with Crippen LogP contribution in [0.5, 0.6) is 0 Å². The minimum atomic E-state index is -0.193. The second-order valence-electron chi connectivity index (χ2n) is 5.13. The Hall–Kier alpha value is -1.36. The fraction of sp³-hybridized carbons (Fsp3) is 0.600. The number of ether oxygens (including phenoxy) is 1. The van der Waals surface area contributed by atoms with Gasteiger partial charge in [-0.3, -0.25) is 9.59 Å². The summed E-state index contributed by atoms with van der Waals surface area (Å²) >= 11 is 1.73. The first-order chi connectivity index (χ1) is 9.70. The van der Waals surface area contributed by atoms with Gasteiger partial charge in [-0.05, 0) is 37.1 Å². The highest BCUT2D eigenvalue weighted by atomic mass is 32.1. The lowest BCUT2D eigenvalue weighted by Crippen LogP contribution is -2.42. The van der Waals surface area contributed by atoms with Crippen LogP contribution in [0.4, 0.5) is 0 Å². The number of hydrogen-bond donors (Lipinski definition) is 0. The first-order valence-electron chi connectivity index (χ1n) is 7.08. The Morgan fingerprint density at radius 1 is 1.50 bits per heavy atom. The van der Waals surface area contributed by atoms with Crippen molar-refractivity contribution in [1.82, 2.24) is 4.90 Å². The monoisotopic (exact) mass is 295 g/mol. The molecule has 1 fully saturated rings. The molecule has 4 nitrogen and oxygen atoms in total. The zero-order valence-corrected chi connectivity index (χ0v) is 12.7. The third kappa shape index (κ3) is 4.07. The lowest BCUT2D eigenvalue weighted by molar-refractivity contribution is -0.149. The summed E-state index contributed by atoms with van der Waals surface area (Å²) in [4.78, 5) is 26.8. The summed E-state index contributed by atoms with van der Waals surface area (Å²) in [5.41, 5.74) is 0. The minimum absolute atomic E-state index is 0.144. The van der Waals surface area contributed by atoms with Crippen LogP contribution in [0.2, 0.25) is 0 Å². The molecule has 0 aliphatic carbocycles. The Kier molecular flexibility index (Phi) is 5.59. The molecule has 1 amide bonds. The van der Waals surface area contributed by atoms with E-state index in [1.807, 2.05) is 11.0 Å². The fourth-order valence-corrected chi connectivity index (χ4v) is 3.34. The molecule has 0 radical (unpaired) electrons. The smallest absolute Gasteiger partial charge is 0.310 e. The van der Waals surface area contributed by atoms with Gasteiger partial charge in [-0.25, -0.2) is 0 Å². The van der Waals surface area contributed by atoms with Crippen molar-refractivity contribution >= 4 is 23.2 Å². The van der Waals surface area contributed by atoms with Crippen molar-refractivity contribution in [3.8, 4) is 0 Å². The minimum Gasteiger partial charge on any atom is -0.469 e. The van der Waals surface area contributed by atoms with E-state index >= 15 is 0 Å². The molecule has 1 aromatic rings. The molecule has 1 saturated heterocycles. The first-order valence-corrected chi connectivity index (χ1v) is 7.96. The van der Waals surface area contributed by atoms with Gasteiger partial charge in [0.1, 0.15) is 0 Å². The molecule has 5 heteroatoms. The van der Waals surface area contributed by atoms with E-state index in [2.05, 4.69) is 11.4 Å². The summed E-state index contributed by atoms with van der Waals surface area (Å²) in [5, 5.41) is 2.06. The average molecular weight is 295 g/mol. The Morgan fingerprint density at radius 3 is 3.05 bits per heavy atom. The highest BCUT2D eigenvalue weighted by Crippen LogP contribution is 2.19. The number of hydrogen-bond acceptors (Lipinski definition) is 4. The molecular formula is C15H21NO3S. The maximum absolute atomic E-state index is 12.2. The van der Waals surface area contributed by atoms with Crippen molar-refractivity contribution in [2.45, 2.75) is 32.1 Å². The maximum Gasteiger partial charge on any atom is 0.310 e. The number of nitrogens with zero attached hydrogens (tertiary/aromatic N) is 1. The molecule has 0 N–H and O–H groups in total. The topological polar surface area (TPSA) is 46.6 Å². The third-order valence-electron chi connectivity index (χ3n) is 3.70. The summed E-state index contributed by atoms with van der Waals surface area (Å²) in [6.07, 6.45) is 4.10. The second-order valence-corrected chi connectivity index (χ2v) is 6.17. The van der Waals surface area contributed by atoms with Crippen molar-refractivity contribution in [2.24, 2.45) is 5.92 Å². The highest BCUT2D eigenvalue weighted by molar-refractivity contribution is 7.09. The van der Waals surface area contributed by atoms with Gasteiger partial charge in [0.2, 0.25) is 5.91 Å². The number of piperidine rings is 1. The molecule has 2 rings (SSSR count). The van der Waals surface area contributed by atoms with Gasteiger partial charge in [0.25, 0.3) is 0 Å². The van der Waals surface area contributed by atoms with Crippen molar-refractivity contribution in [2.75, 3.05) is 20.2 Å². The van der Waals surface area contributed by atoms with Gasteiger partial charge in [-0.15, -0.1) is 11.3 Å². The summed E-state index contributed by atoms with van der Waals surface area (Å²) in [5.74, 6) is -0.175. The van der Waals surface area contributed by atoms with Gasteiger partial charge < -0.3 is 9.64 Å². The molecule has 0 spiro atoms. The number of methoxy groups -OCH3 is 1. The van der Waals surface area contributed by atoms with Gasteiger partial charge in [0.15, 0.2) is 0 Å². The Labute approximate surface area is 123 Å². The number of carbonyl (C=O) groups excluding carboxylic acids is 2. The lowest BCUT2D eigenvalue weighted by atomic mass is 9.98. The standard InChI is InChI=1S/C15H21NO3S/c1-19-15(18)12-5-3-9-16(11-12)14(17)8-2-6-13-7-4-10-20-13/h4,7,10,12H,2-3,5-6,8-9,11H2,1H3/t12-/m0/s1. The van der Waals surface area contributed by atoms with Gasteiger partial charge in [-0.1, -0.05) is 6.07 Å². The van der Waals surface area contributed by atoms with Crippen molar-refractivity contribution < 1.29 is 14.3 Å². The molecule has 1 atom stereocenters. The quantitative estimate of drug-likeness (QED) is 0.784. The van der Waals surface area contributed by atoms with E-state index in [0.717, 1.165) is 32.2 Å². The fourth-order valence-electron chi connectivity index (χ4n) is 2.59. The second kappa shape index (κ2) is 7.43. The number of esters is 1. The van der Waals surface area contributed by atoms with Crippen LogP contribution in [0.1, 0.15) is 30.6 Å². The molecule has 1 aliphatic rings. The summed E-state index contributed by atoms with van der Waals surface area (Å²) in [6.45, 7) is 1.29. The molecular weight excluding hydrogens is 274 g/mol. The molecule has 0 saturated carbocycles. The number of aryl methyl sites for hydroxylation is 1. The largest absolute Gasteiger partial charge is 0.469 e. The highest BCUT2D eigenvalue weighted by Gasteiger charge is 2.28. The predicted octanol–water partition coefficient (Wildman–Crippen LogP) is 2.48. The Bertz CT molecular complexity index is 444. The summed E-state index contributed by atoms with van der Waals surface area (Å²) in [7, 11) is 1.41. The van der Waals surface area contributed by atoms with Crippen molar-refractivity contribution in [1.29, 1.82) is 0 Å². The first kappa shape index (κ1) is 15.0. The zero-order chi connectivity index (χ0) is 14.4. The van der Waals surface area contributed by atoms with Crippen LogP contribution >= 0.6 is 11.3 Å². The van der Waals surface area contributed by atoms with E-state index in [1.165, 1.54) is 12.0 Å². The molecule has 0 aromatic carbocycles. The van der Waals surface area contributed by atoms with Crippen LogP contribution in [0.25, 0.3) is 0 Å². The van der Waals surface area contributed by atoms with Crippen LogP contribution in [0, 0.1) is 5.92 Å². The summed E-state index contributed by atoms with van der Waals surface area (Å²) < 4.78 is 4.77. The molecule has 110 valence electrons. The molecule has 0 unspecified atom stereocenters. The van der Waals surface area contributed by atoms with E-state index in [4.69, 9.17) is 4.74 Å². The van der Waals surface area contributed by atoms with Crippen molar-refractivity contribution in [3.63, 3.8) is 0 Å². The number of rotatable bonds is 5. The van der Waals surface area contributed by atoms with E-state index in [1.54, 1.807) is 11.3 Å². The van der Waals surface area contributed by atoms with Crippen LogP contribution in [0.3, 0.4) is 0 Å². The van der Waals surface area contributed by atoms with Gasteiger partial charge in [0, 0.05) is 24.4 Å². The van der Waals surface area contributed by atoms with Gasteiger partial charge in [-0.2, -0.15) is 0 Å². The van der Waals surface area contributed by atoms with Crippen LogP contribution < -0.4 is 0 Å². The lowest BCUT2D eigenvalue weighted by Gasteiger charge is -2.31. The van der Waals surface area contributed by atoms with Gasteiger partial charge in [0.05, 0.1) is 13.0 Å². The van der Waals surface area contributed by atoms with Gasteiger partial charge >= 0.3 is 5.97 Å². The molecule has 20 heavy (non-hydrogen) atoms. The van der Waals surface area contributed by atoms with Crippen LogP contribution in [-0.4, -0.2) is 37.0 Å². The molecule has 1 aliphatic heterocycles. The zero-order valence-electron chi connectivity index (χ0n) is 11.8. The number of amides is 1. The molecule has 1 aromatic heterocycles. The van der Waals surface area contributed by atoms with Crippen LogP contribution in [0.15, 0.2) is 17.5 Å².